The first-order chi connectivity index (χ1) is 13.6. The molecule has 1 aliphatic carbocycles. The molecule has 1 amide bonds. The summed E-state index contributed by atoms with van der Waals surface area (Å²) in [6.07, 6.45) is 5.28. The van der Waals surface area contributed by atoms with Gasteiger partial charge in [-0.2, -0.15) is 5.10 Å². The molecule has 28 heavy (non-hydrogen) atoms. The molecule has 1 aliphatic rings. The van der Waals surface area contributed by atoms with Crippen molar-refractivity contribution >= 4 is 16.7 Å². The van der Waals surface area contributed by atoms with Crippen LogP contribution in [0.2, 0.25) is 0 Å². The molecule has 1 N–H and O–H groups in total. The van der Waals surface area contributed by atoms with Crippen LogP contribution in [0.5, 0.6) is 0 Å². The summed E-state index contributed by atoms with van der Waals surface area (Å²) < 4.78 is 15.6. The Hall–Kier alpha value is -3.02. The summed E-state index contributed by atoms with van der Waals surface area (Å²) in [4.78, 5) is 25.0. The van der Waals surface area contributed by atoms with Crippen LogP contribution in [0, 0.1) is 5.82 Å². The van der Waals surface area contributed by atoms with Crippen molar-refractivity contribution in [2.24, 2.45) is 0 Å². The SMILES string of the molecule is O=C(Cn1ncc2ccccc2c1=O)NCC1(c2ccccc2F)CCCC1. The van der Waals surface area contributed by atoms with Gasteiger partial charge in [-0.3, -0.25) is 9.59 Å². The van der Waals surface area contributed by atoms with Gasteiger partial charge in [0.25, 0.3) is 5.56 Å². The molecule has 1 aromatic heterocycles. The molecule has 0 unspecified atom stereocenters. The Bertz CT molecular complexity index is 1070. The smallest absolute Gasteiger partial charge is 0.275 e. The third kappa shape index (κ3) is 3.42. The molecule has 0 radical (unpaired) electrons. The van der Waals surface area contributed by atoms with Gasteiger partial charge in [0.05, 0.1) is 11.6 Å². The second-order valence-electron chi connectivity index (χ2n) is 7.44. The average molecular weight is 379 g/mol. The Morgan fingerprint density at radius 3 is 2.61 bits per heavy atom. The number of carbonyl (C=O) groups is 1. The van der Waals surface area contributed by atoms with E-state index >= 15 is 0 Å². The lowest BCUT2D eigenvalue weighted by Crippen LogP contribution is -2.42. The highest BCUT2D eigenvalue weighted by molar-refractivity contribution is 5.81. The molecule has 3 aromatic rings. The van der Waals surface area contributed by atoms with Crippen LogP contribution in [0.15, 0.2) is 59.5 Å². The summed E-state index contributed by atoms with van der Waals surface area (Å²) in [6, 6.07) is 13.9. The number of fused-ring (bicyclic) bond motifs is 1. The van der Waals surface area contributed by atoms with E-state index in [1.807, 2.05) is 24.3 Å². The van der Waals surface area contributed by atoms with Crippen molar-refractivity contribution in [1.29, 1.82) is 0 Å². The Kier molecular flexibility index (Phi) is 4.94. The zero-order chi connectivity index (χ0) is 19.6. The summed E-state index contributed by atoms with van der Waals surface area (Å²) in [6.45, 7) is 0.201. The summed E-state index contributed by atoms with van der Waals surface area (Å²) in [5, 5.41) is 8.28. The van der Waals surface area contributed by atoms with Crippen LogP contribution in [0.4, 0.5) is 4.39 Å². The number of nitrogens with zero attached hydrogens (tertiary/aromatic N) is 2. The fourth-order valence-corrected chi connectivity index (χ4v) is 4.18. The van der Waals surface area contributed by atoms with Gasteiger partial charge in [0.1, 0.15) is 12.4 Å². The molecule has 0 atom stereocenters. The second kappa shape index (κ2) is 7.54. The Morgan fingerprint density at radius 1 is 1.11 bits per heavy atom. The largest absolute Gasteiger partial charge is 0.354 e. The molecule has 2 aromatic carbocycles. The van der Waals surface area contributed by atoms with Gasteiger partial charge in [0.2, 0.25) is 5.91 Å². The molecule has 6 heteroatoms. The topological polar surface area (TPSA) is 64.0 Å². The van der Waals surface area contributed by atoms with Crippen LogP contribution in [-0.2, 0) is 16.8 Å². The highest BCUT2D eigenvalue weighted by atomic mass is 19.1. The molecular formula is C22H22FN3O2. The number of aromatic nitrogens is 2. The molecule has 144 valence electrons. The third-order valence-corrected chi connectivity index (χ3v) is 5.69. The van der Waals surface area contributed by atoms with Gasteiger partial charge in [-0.15, -0.1) is 0 Å². The number of benzene rings is 2. The second-order valence-corrected chi connectivity index (χ2v) is 7.44. The molecule has 1 saturated carbocycles. The lowest BCUT2D eigenvalue weighted by molar-refractivity contribution is -0.122. The number of hydrogen-bond acceptors (Lipinski definition) is 3. The van der Waals surface area contributed by atoms with Crippen LogP contribution in [0.25, 0.3) is 10.8 Å². The first-order valence-corrected chi connectivity index (χ1v) is 9.56. The molecule has 4 rings (SSSR count). The van der Waals surface area contributed by atoms with Crippen molar-refractivity contribution in [3.63, 3.8) is 0 Å². The van der Waals surface area contributed by atoms with E-state index in [9.17, 15) is 14.0 Å². The predicted octanol–water partition coefficient (Wildman–Crippen LogP) is 3.16. The monoisotopic (exact) mass is 379 g/mol. The highest BCUT2D eigenvalue weighted by Gasteiger charge is 2.37. The van der Waals surface area contributed by atoms with Crippen molar-refractivity contribution in [1.82, 2.24) is 15.1 Å². The molecule has 0 saturated heterocycles. The van der Waals surface area contributed by atoms with Crippen LogP contribution in [-0.4, -0.2) is 22.2 Å². The zero-order valence-electron chi connectivity index (χ0n) is 15.5. The van der Waals surface area contributed by atoms with E-state index < -0.39 is 0 Å². The van der Waals surface area contributed by atoms with Crippen molar-refractivity contribution in [3.8, 4) is 0 Å². The molecule has 0 bridgehead atoms. The molecule has 0 aliphatic heterocycles. The van der Waals surface area contributed by atoms with E-state index in [1.54, 1.807) is 24.4 Å². The van der Waals surface area contributed by atoms with Gasteiger partial charge in [0, 0.05) is 17.3 Å². The molecule has 5 nitrogen and oxygen atoms in total. The number of hydrogen-bond donors (Lipinski definition) is 1. The van der Waals surface area contributed by atoms with E-state index in [-0.39, 0.29) is 29.2 Å². The third-order valence-electron chi connectivity index (χ3n) is 5.69. The summed E-state index contributed by atoms with van der Waals surface area (Å²) in [5.41, 5.74) is -0.0188. The van der Waals surface area contributed by atoms with Gasteiger partial charge in [-0.05, 0) is 30.5 Å². The van der Waals surface area contributed by atoms with Crippen LogP contribution < -0.4 is 10.9 Å². The molecule has 1 heterocycles. The first kappa shape index (κ1) is 18.3. The minimum atomic E-state index is -0.386. The maximum atomic E-state index is 14.4. The fraction of sp³-hybridized carbons (Fsp3) is 0.318. The lowest BCUT2D eigenvalue weighted by Gasteiger charge is -2.30. The number of amides is 1. The van der Waals surface area contributed by atoms with E-state index in [0.717, 1.165) is 31.1 Å². The van der Waals surface area contributed by atoms with Crippen LogP contribution >= 0.6 is 0 Å². The summed E-state index contributed by atoms with van der Waals surface area (Å²) in [7, 11) is 0. The zero-order valence-corrected chi connectivity index (χ0v) is 15.5. The lowest BCUT2D eigenvalue weighted by atomic mass is 9.78. The van der Waals surface area contributed by atoms with Crippen LogP contribution in [0.1, 0.15) is 31.2 Å². The standard InChI is InChI=1S/C22H22FN3O2/c23-19-10-4-3-9-18(19)22(11-5-6-12-22)15-24-20(27)14-26-21(28)17-8-2-1-7-16(17)13-25-26/h1-4,7-10,13H,5-6,11-12,14-15H2,(H,24,27). The Balaban J connectivity index is 1.50. The van der Waals surface area contributed by atoms with E-state index in [4.69, 9.17) is 0 Å². The van der Waals surface area contributed by atoms with Gasteiger partial charge in [-0.25, -0.2) is 9.07 Å². The van der Waals surface area contributed by atoms with E-state index in [1.165, 1.54) is 10.7 Å². The minimum Gasteiger partial charge on any atom is -0.354 e. The van der Waals surface area contributed by atoms with Crippen molar-refractivity contribution in [2.45, 2.75) is 37.6 Å². The maximum absolute atomic E-state index is 14.4. The van der Waals surface area contributed by atoms with Crippen molar-refractivity contribution in [2.75, 3.05) is 6.54 Å². The van der Waals surface area contributed by atoms with Crippen LogP contribution in [0.3, 0.4) is 0 Å². The first-order valence-electron chi connectivity index (χ1n) is 9.56. The summed E-state index contributed by atoms with van der Waals surface area (Å²) >= 11 is 0. The quantitative estimate of drug-likeness (QED) is 0.741. The number of carbonyl (C=O) groups excluding carboxylic acids is 1. The summed E-state index contributed by atoms with van der Waals surface area (Å²) in [5.74, 6) is -0.529. The predicted molar refractivity (Wildman–Crippen MR) is 106 cm³/mol. The Morgan fingerprint density at radius 2 is 1.82 bits per heavy atom. The number of halogens is 1. The normalized spacial score (nSPS) is 15.6. The van der Waals surface area contributed by atoms with Gasteiger partial charge in [0.15, 0.2) is 0 Å². The molecule has 1 fully saturated rings. The van der Waals surface area contributed by atoms with Crippen molar-refractivity contribution in [3.05, 3.63) is 76.5 Å². The minimum absolute atomic E-state index is 0.156. The molecular weight excluding hydrogens is 357 g/mol. The van der Waals surface area contributed by atoms with E-state index in [2.05, 4.69) is 10.4 Å². The Labute approximate surface area is 162 Å². The molecule has 0 spiro atoms. The fourth-order valence-electron chi connectivity index (χ4n) is 4.18. The van der Waals surface area contributed by atoms with E-state index in [0.29, 0.717) is 17.5 Å². The van der Waals surface area contributed by atoms with Crippen molar-refractivity contribution < 1.29 is 9.18 Å². The van der Waals surface area contributed by atoms with Gasteiger partial charge < -0.3 is 5.32 Å². The van der Waals surface area contributed by atoms with Gasteiger partial charge >= 0.3 is 0 Å². The highest BCUT2D eigenvalue weighted by Crippen LogP contribution is 2.41. The number of rotatable bonds is 5. The maximum Gasteiger partial charge on any atom is 0.275 e. The average Bonchev–Trinajstić information content (AvgIpc) is 3.19. The van der Waals surface area contributed by atoms with Gasteiger partial charge in [-0.1, -0.05) is 49.2 Å². The number of nitrogens with one attached hydrogen (secondary N) is 1.